The third-order valence-corrected chi connectivity index (χ3v) is 3.81. The average Bonchev–Trinajstić information content (AvgIpc) is 2.56. The monoisotopic (exact) mass is 298 g/mol. The number of carbonyl (C=O) groups excluding carboxylic acids is 1. The lowest BCUT2D eigenvalue weighted by atomic mass is 9.78. The van der Waals surface area contributed by atoms with Crippen molar-refractivity contribution in [2.24, 2.45) is 0 Å². The number of aldehydes is 1. The smallest absolute Gasteiger partial charge is 0.130 e. The second-order valence-electron chi connectivity index (χ2n) is 5.45. The minimum atomic E-state index is -0.667. The summed E-state index contributed by atoms with van der Waals surface area (Å²) < 4.78 is 11.1. The van der Waals surface area contributed by atoms with E-state index in [2.05, 4.69) is 0 Å². The highest BCUT2D eigenvalue weighted by Gasteiger charge is 2.30. The molecule has 22 heavy (non-hydrogen) atoms. The standard InChI is InChI=1S/C19H22O3/c1-4-22-17-11-7-5-9-15(17)13-19(2,14-20)16-10-6-8-12-18(16)21-3/h5-12,14H,4,13H2,1-3H3. The highest BCUT2D eigenvalue weighted by Crippen LogP contribution is 2.35. The van der Waals surface area contributed by atoms with Crippen LogP contribution in [0.3, 0.4) is 0 Å². The van der Waals surface area contributed by atoms with Gasteiger partial charge in [0.05, 0.1) is 19.1 Å². The number of rotatable bonds is 7. The molecule has 0 saturated carbocycles. The van der Waals surface area contributed by atoms with Crippen LogP contribution in [0.15, 0.2) is 48.5 Å². The molecule has 0 amide bonds. The van der Waals surface area contributed by atoms with Crippen LogP contribution < -0.4 is 9.47 Å². The highest BCUT2D eigenvalue weighted by molar-refractivity contribution is 5.71. The van der Waals surface area contributed by atoms with Gasteiger partial charge in [0.25, 0.3) is 0 Å². The Bertz CT molecular complexity index is 636. The summed E-state index contributed by atoms with van der Waals surface area (Å²) in [6.07, 6.45) is 1.56. The summed E-state index contributed by atoms with van der Waals surface area (Å²) in [6.45, 7) is 4.49. The number of benzene rings is 2. The maximum absolute atomic E-state index is 11.9. The second-order valence-corrected chi connectivity index (χ2v) is 5.45. The fourth-order valence-corrected chi connectivity index (χ4v) is 2.66. The fourth-order valence-electron chi connectivity index (χ4n) is 2.66. The second kappa shape index (κ2) is 7.12. The Labute approximate surface area is 131 Å². The van der Waals surface area contributed by atoms with Gasteiger partial charge in [-0.15, -0.1) is 0 Å². The van der Waals surface area contributed by atoms with Crippen LogP contribution in [0.1, 0.15) is 25.0 Å². The van der Waals surface area contributed by atoms with Crippen LogP contribution in [0.2, 0.25) is 0 Å². The Morgan fingerprint density at radius 3 is 2.32 bits per heavy atom. The van der Waals surface area contributed by atoms with E-state index in [1.807, 2.05) is 62.4 Å². The third-order valence-electron chi connectivity index (χ3n) is 3.81. The molecule has 3 nitrogen and oxygen atoms in total. The van der Waals surface area contributed by atoms with Crippen LogP contribution in [-0.2, 0) is 16.6 Å². The van der Waals surface area contributed by atoms with Crippen LogP contribution in [0.4, 0.5) is 0 Å². The van der Waals surface area contributed by atoms with E-state index >= 15 is 0 Å². The summed E-state index contributed by atoms with van der Waals surface area (Å²) in [5, 5.41) is 0. The lowest BCUT2D eigenvalue weighted by Crippen LogP contribution is -2.27. The molecule has 0 aliphatic rings. The van der Waals surface area contributed by atoms with Crippen molar-refractivity contribution in [3.05, 3.63) is 59.7 Å². The quantitative estimate of drug-likeness (QED) is 0.729. The van der Waals surface area contributed by atoms with E-state index in [4.69, 9.17) is 9.47 Å². The topological polar surface area (TPSA) is 35.5 Å². The van der Waals surface area contributed by atoms with Gasteiger partial charge >= 0.3 is 0 Å². The molecule has 0 aliphatic carbocycles. The molecule has 0 fully saturated rings. The first kappa shape index (κ1) is 16.1. The molecule has 116 valence electrons. The van der Waals surface area contributed by atoms with E-state index in [1.165, 1.54) is 0 Å². The predicted octanol–water partition coefficient (Wildman–Crippen LogP) is 3.79. The largest absolute Gasteiger partial charge is 0.496 e. The Balaban J connectivity index is 2.41. The first-order valence-electron chi connectivity index (χ1n) is 7.45. The van der Waals surface area contributed by atoms with Crippen molar-refractivity contribution in [3.8, 4) is 11.5 Å². The van der Waals surface area contributed by atoms with Crippen molar-refractivity contribution in [3.63, 3.8) is 0 Å². The van der Waals surface area contributed by atoms with E-state index in [0.29, 0.717) is 13.0 Å². The summed E-state index contributed by atoms with van der Waals surface area (Å²) in [6, 6.07) is 15.5. The van der Waals surface area contributed by atoms with Crippen molar-refractivity contribution < 1.29 is 14.3 Å². The molecule has 1 atom stereocenters. The van der Waals surface area contributed by atoms with Gasteiger partial charge in [-0.05, 0) is 38.0 Å². The third kappa shape index (κ3) is 3.30. The van der Waals surface area contributed by atoms with Crippen molar-refractivity contribution >= 4 is 6.29 Å². The molecule has 2 rings (SSSR count). The molecule has 0 N–H and O–H groups in total. The molecule has 0 radical (unpaired) electrons. The Morgan fingerprint density at radius 2 is 1.68 bits per heavy atom. The Hall–Kier alpha value is -2.29. The zero-order valence-corrected chi connectivity index (χ0v) is 13.3. The molecule has 2 aromatic carbocycles. The molecule has 1 unspecified atom stereocenters. The molecule has 0 bridgehead atoms. The van der Waals surface area contributed by atoms with E-state index < -0.39 is 5.41 Å². The van der Waals surface area contributed by atoms with Crippen molar-refractivity contribution in [1.82, 2.24) is 0 Å². The maximum Gasteiger partial charge on any atom is 0.130 e. The summed E-state index contributed by atoms with van der Waals surface area (Å²) in [7, 11) is 1.62. The average molecular weight is 298 g/mol. The molecular weight excluding hydrogens is 276 g/mol. The summed E-state index contributed by atoms with van der Waals surface area (Å²) in [4.78, 5) is 11.9. The fraction of sp³-hybridized carbons (Fsp3) is 0.316. The summed E-state index contributed by atoms with van der Waals surface area (Å²) in [5.41, 5.74) is 1.24. The van der Waals surface area contributed by atoms with Gasteiger partial charge in [-0.1, -0.05) is 36.4 Å². The van der Waals surface area contributed by atoms with Crippen LogP contribution >= 0.6 is 0 Å². The van der Waals surface area contributed by atoms with Gasteiger partial charge in [0.1, 0.15) is 17.8 Å². The van der Waals surface area contributed by atoms with E-state index in [-0.39, 0.29) is 0 Å². The number of methoxy groups -OCH3 is 1. The van der Waals surface area contributed by atoms with Gasteiger partial charge in [-0.3, -0.25) is 0 Å². The maximum atomic E-state index is 11.9. The molecule has 0 spiro atoms. The van der Waals surface area contributed by atoms with Gasteiger partial charge < -0.3 is 14.3 Å². The molecule has 3 heteroatoms. The van der Waals surface area contributed by atoms with Gasteiger partial charge in [0.2, 0.25) is 0 Å². The lowest BCUT2D eigenvalue weighted by molar-refractivity contribution is -0.112. The lowest BCUT2D eigenvalue weighted by Gasteiger charge is -2.26. The normalized spacial score (nSPS) is 13.2. The minimum Gasteiger partial charge on any atom is -0.496 e. The van der Waals surface area contributed by atoms with E-state index in [9.17, 15) is 4.79 Å². The summed E-state index contributed by atoms with van der Waals surface area (Å²) in [5.74, 6) is 1.55. The number of para-hydroxylation sites is 2. The van der Waals surface area contributed by atoms with E-state index in [1.54, 1.807) is 7.11 Å². The van der Waals surface area contributed by atoms with Crippen LogP contribution in [0.25, 0.3) is 0 Å². The highest BCUT2D eigenvalue weighted by atomic mass is 16.5. The molecule has 0 saturated heterocycles. The van der Waals surface area contributed by atoms with Gasteiger partial charge in [-0.25, -0.2) is 0 Å². The van der Waals surface area contributed by atoms with Crippen molar-refractivity contribution in [2.75, 3.05) is 13.7 Å². The molecule has 0 aromatic heterocycles. The first-order chi connectivity index (χ1) is 10.6. The van der Waals surface area contributed by atoms with E-state index in [0.717, 1.165) is 28.9 Å². The van der Waals surface area contributed by atoms with Gasteiger partial charge in [0.15, 0.2) is 0 Å². The van der Waals surface area contributed by atoms with Crippen LogP contribution in [0, 0.1) is 0 Å². The van der Waals surface area contributed by atoms with Crippen molar-refractivity contribution in [2.45, 2.75) is 25.7 Å². The first-order valence-corrected chi connectivity index (χ1v) is 7.45. The number of hydrogen-bond acceptors (Lipinski definition) is 3. The van der Waals surface area contributed by atoms with Crippen LogP contribution in [0.5, 0.6) is 11.5 Å². The van der Waals surface area contributed by atoms with Crippen LogP contribution in [-0.4, -0.2) is 20.0 Å². The molecular formula is C19H22O3. The zero-order valence-electron chi connectivity index (χ0n) is 13.3. The summed E-state index contributed by atoms with van der Waals surface area (Å²) >= 11 is 0. The SMILES string of the molecule is CCOc1ccccc1CC(C)(C=O)c1ccccc1OC. The van der Waals surface area contributed by atoms with Gasteiger partial charge in [0, 0.05) is 5.56 Å². The minimum absolute atomic E-state index is 0.563. The number of ether oxygens (including phenoxy) is 2. The number of carbonyl (C=O) groups is 1. The van der Waals surface area contributed by atoms with Crippen molar-refractivity contribution in [1.29, 1.82) is 0 Å². The molecule has 2 aromatic rings. The molecule has 0 heterocycles. The number of hydrogen-bond donors (Lipinski definition) is 0. The Kier molecular flexibility index (Phi) is 5.21. The van der Waals surface area contributed by atoms with Gasteiger partial charge in [-0.2, -0.15) is 0 Å². The molecule has 0 aliphatic heterocycles. The zero-order chi connectivity index (χ0) is 16.0. The Morgan fingerprint density at radius 1 is 1.05 bits per heavy atom. The predicted molar refractivity (Wildman–Crippen MR) is 87.7 cm³/mol.